The second-order valence-corrected chi connectivity index (χ2v) is 4.68. The zero-order chi connectivity index (χ0) is 13.8. The minimum Gasteiger partial charge on any atom is -0.477 e. The van der Waals surface area contributed by atoms with Gasteiger partial charge in [-0.1, -0.05) is 11.8 Å². The summed E-state index contributed by atoms with van der Waals surface area (Å²) in [6.45, 7) is 0. The van der Waals surface area contributed by atoms with E-state index in [4.69, 9.17) is 5.11 Å². The van der Waals surface area contributed by atoms with Crippen LogP contribution in [0, 0.1) is 10.1 Å². The quantitative estimate of drug-likeness (QED) is 0.681. The van der Waals surface area contributed by atoms with Gasteiger partial charge in [0.25, 0.3) is 5.69 Å². The molecule has 0 radical (unpaired) electrons. The molecule has 1 N–H and O–H groups in total. The number of nitro benzene ring substituents is 1. The zero-order valence-electron chi connectivity index (χ0n) is 9.52. The highest BCUT2D eigenvalue weighted by atomic mass is 32.2. The molecule has 0 aliphatic heterocycles. The van der Waals surface area contributed by atoms with Crippen molar-refractivity contribution in [3.05, 3.63) is 58.4 Å². The van der Waals surface area contributed by atoms with Gasteiger partial charge in [-0.2, -0.15) is 0 Å². The fourth-order valence-electron chi connectivity index (χ4n) is 1.36. The smallest absolute Gasteiger partial charge is 0.354 e. The third kappa shape index (κ3) is 3.29. The van der Waals surface area contributed by atoms with Crippen LogP contribution in [0.25, 0.3) is 0 Å². The Balaban J connectivity index is 2.19. The van der Waals surface area contributed by atoms with E-state index in [0.29, 0.717) is 4.90 Å². The van der Waals surface area contributed by atoms with E-state index in [9.17, 15) is 14.9 Å². The van der Waals surface area contributed by atoms with Crippen molar-refractivity contribution in [2.45, 2.75) is 9.79 Å². The lowest BCUT2D eigenvalue weighted by molar-refractivity contribution is -0.384. The largest absolute Gasteiger partial charge is 0.477 e. The van der Waals surface area contributed by atoms with Crippen LogP contribution in [0.1, 0.15) is 10.5 Å². The van der Waals surface area contributed by atoms with E-state index < -0.39 is 10.9 Å². The number of aromatic carboxylic acids is 1. The molecule has 6 nitrogen and oxygen atoms in total. The van der Waals surface area contributed by atoms with Crippen LogP contribution in [-0.4, -0.2) is 21.0 Å². The summed E-state index contributed by atoms with van der Waals surface area (Å²) in [6.07, 6.45) is 1.41. The number of nitrogens with zero attached hydrogens (tertiary/aromatic N) is 2. The van der Waals surface area contributed by atoms with Crippen molar-refractivity contribution >= 4 is 23.4 Å². The Labute approximate surface area is 112 Å². The summed E-state index contributed by atoms with van der Waals surface area (Å²) in [4.78, 5) is 26.0. The monoisotopic (exact) mass is 276 g/mol. The molecule has 7 heteroatoms. The molecule has 0 bridgehead atoms. The van der Waals surface area contributed by atoms with Gasteiger partial charge in [0.2, 0.25) is 0 Å². The average Bonchev–Trinajstić information content (AvgIpc) is 2.39. The third-order valence-electron chi connectivity index (χ3n) is 2.23. The first-order valence-corrected chi connectivity index (χ1v) is 5.99. The molecule has 0 amide bonds. The molecular weight excluding hydrogens is 268 g/mol. The second kappa shape index (κ2) is 5.49. The van der Waals surface area contributed by atoms with Crippen molar-refractivity contribution < 1.29 is 14.8 Å². The van der Waals surface area contributed by atoms with E-state index in [0.717, 1.165) is 4.90 Å². The summed E-state index contributed by atoms with van der Waals surface area (Å²) in [5, 5.41) is 19.3. The molecule has 19 heavy (non-hydrogen) atoms. The molecule has 0 aliphatic rings. The molecule has 1 aromatic heterocycles. The molecule has 2 rings (SSSR count). The van der Waals surface area contributed by atoms with Gasteiger partial charge < -0.3 is 5.11 Å². The van der Waals surface area contributed by atoms with Crippen LogP contribution in [0.5, 0.6) is 0 Å². The van der Waals surface area contributed by atoms with Crippen molar-refractivity contribution in [1.29, 1.82) is 0 Å². The molecule has 0 atom stereocenters. The Bertz CT molecular complexity index is 628. The molecule has 0 unspecified atom stereocenters. The molecule has 0 fully saturated rings. The van der Waals surface area contributed by atoms with E-state index in [1.807, 2.05) is 0 Å². The Kier molecular flexibility index (Phi) is 3.76. The fourth-order valence-corrected chi connectivity index (χ4v) is 2.21. The Hall–Kier alpha value is -2.41. The normalized spacial score (nSPS) is 10.1. The first kappa shape index (κ1) is 13.0. The maximum absolute atomic E-state index is 10.8. The summed E-state index contributed by atoms with van der Waals surface area (Å²) in [7, 11) is 0. The molecule has 2 aromatic rings. The number of hydrogen-bond acceptors (Lipinski definition) is 5. The van der Waals surface area contributed by atoms with Crippen LogP contribution >= 0.6 is 11.8 Å². The molecule has 0 aliphatic carbocycles. The Morgan fingerprint density at radius 3 is 2.47 bits per heavy atom. The molecule has 0 saturated carbocycles. The number of aromatic nitrogens is 1. The molecule has 1 aromatic carbocycles. The number of nitro groups is 1. The van der Waals surface area contributed by atoms with E-state index in [1.54, 1.807) is 18.2 Å². The van der Waals surface area contributed by atoms with Gasteiger partial charge in [-0.15, -0.1) is 0 Å². The summed E-state index contributed by atoms with van der Waals surface area (Å²) < 4.78 is 0. The topological polar surface area (TPSA) is 93.3 Å². The van der Waals surface area contributed by atoms with Gasteiger partial charge in [-0.25, -0.2) is 9.78 Å². The number of hydrogen-bond donors (Lipinski definition) is 1. The Morgan fingerprint density at radius 2 is 1.89 bits per heavy atom. The van der Waals surface area contributed by atoms with Crippen molar-refractivity contribution in [3.8, 4) is 0 Å². The SMILES string of the molecule is O=C(O)c1cc(Sc2ccc([N+](=O)[O-])cc2)ccn1. The lowest BCUT2D eigenvalue weighted by Gasteiger charge is -2.02. The maximum Gasteiger partial charge on any atom is 0.354 e. The standard InChI is InChI=1S/C12H8N2O4S/c15-12(16)11-7-10(5-6-13-11)19-9-3-1-8(2-4-9)14(17)18/h1-7H,(H,15,16). The van der Waals surface area contributed by atoms with Gasteiger partial charge in [-0.3, -0.25) is 10.1 Å². The summed E-state index contributed by atoms with van der Waals surface area (Å²) in [5.41, 5.74) is -0.0165. The predicted molar refractivity (Wildman–Crippen MR) is 68.4 cm³/mol. The number of rotatable bonds is 4. The number of carboxylic acid groups (broad SMARTS) is 1. The van der Waals surface area contributed by atoms with Crippen LogP contribution in [0.15, 0.2) is 52.4 Å². The third-order valence-corrected chi connectivity index (χ3v) is 3.23. The second-order valence-electron chi connectivity index (χ2n) is 3.54. The van der Waals surface area contributed by atoms with E-state index >= 15 is 0 Å². The van der Waals surface area contributed by atoms with Crippen LogP contribution in [0.3, 0.4) is 0 Å². The van der Waals surface area contributed by atoms with Crippen molar-refractivity contribution in [2.24, 2.45) is 0 Å². The van der Waals surface area contributed by atoms with Gasteiger partial charge >= 0.3 is 5.97 Å². The Morgan fingerprint density at radius 1 is 1.21 bits per heavy atom. The summed E-state index contributed by atoms with van der Waals surface area (Å²) in [6, 6.07) is 9.17. The van der Waals surface area contributed by atoms with E-state index in [2.05, 4.69) is 4.98 Å². The van der Waals surface area contributed by atoms with Crippen LogP contribution in [0.2, 0.25) is 0 Å². The predicted octanol–water partition coefficient (Wildman–Crippen LogP) is 2.84. The highest BCUT2D eigenvalue weighted by molar-refractivity contribution is 7.99. The number of carbonyl (C=O) groups is 1. The summed E-state index contributed by atoms with van der Waals surface area (Å²) >= 11 is 1.31. The number of benzene rings is 1. The molecule has 0 saturated heterocycles. The van der Waals surface area contributed by atoms with Gasteiger partial charge in [-0.05, 0) is 24.3 Å². The summed E-state index contributed by atoms with van der Waals surface area (Å²) in [5.74, 6) is -1.09. The van der Waals surface area contributed by atoms with Gasteiger partial charge in [0.1, 0.15) is 5.69 Å². The van der Waals surface area contributed by atoms with Crippen LogP contribution in [-0.2, 0) is 0 Å². The fraction of sp³-hybridized carbons (Fsp3) is 0. The zero-order valence-corrected chi connectivity index (χ0v) is 10.3. The molecule has 96 valence electrons. The van der Waals surface area contributed by atoms with Gasteiger partial charge in [0, 0.05) is 28.1 Å². The lowest BCUT2D eigenvalue weighted by atomic mass is 10.3. The first-order valence-electron chi connectivity index (χ1n) is 5.18. The van der Waals surface area contributed by atoms with Crippen LogP contribution in [0.4, 0.5) is 5.69 Å². The maximum atomic E-state index is 10.8. The average molecular weight is 276 g/mol. The van der Waals surface area contributed by atoms with Crippen molar-refractivity contribution in [3.63, 3.8) is 0 Å². The number of non-ortho nitro benzene ring substituents is 1. The van der Waals surface area contributed by atoms with E-state index in [-0.39, 0.29) is 11.4 Å². The molecule has 1 heterocycles. The van der Waals surface area contributed by atoms with Crippen molar-refractivity contribution in [1.82, 2.24) is 4.98 Å². The number of pyridine rings is 1. The molecule has 0 spiro atoms. The van der Waals surface area contributed by atoms with Gasteiger partial charge in [0.05, 0.1) is 4.92 Å². The highest BCUT2D eigenvalue weighted by Gasteiger charge is 2.07. The highest BCUT2D eigenvalue weighted by Crippen LogP contribution is 2.28. The van der Waals surface area contributed by atoms with Crippen LogP contribution < -0.4 is 0 Å². The minimum absolute atomic E-state index is 0.0188. The van der Waals surface area contributed by atoms with E-state index in [1.165, 1.54) is 36.2 Å². The van der Waals surface area contributed by atoms with Crippen molar-refractivity contribution in [2.75, 3.05) is 0 Å². The van der Waals surface area contributed by atoms with Gasteiger partial charge in [0.15, 0.2) is 0 Å². The minimum atomic E-state index is -1.09. The molecular formula is C12H8N2O4S. The lowest BCUT2D eigenvalue weighted by Crippen LogP contribution is -1.99. The first-order chi connectivity index (χ1) is 9.06. The number of carboxylic acids is 1.